The molecule has 1 aromatic heterocycles. The predicted molar refractivity (Wildman–Crippen MR) is 89.3 cm³/mol. The number of hydrogen-bond acceptors (Lipinski definition) is 4. The number of carbonyl (C=O) groups is 3. The maximum Gasteiger partial charge on any atom is 0.306 e. The summed E-state index contributed by atoms with van der Waals surface area (Å²) < 4.78 is 4.98. The number of likely N-dealkylation sites (N-methyl/N-ethyl adjacent to an activating group) is 2. The maximum atomic E-state index is 11.8. The van der Waals surface area contributed by atoms with Crippen molar-refractivity contribution in [2.75, 3.05) is 27.2 Å². The van der Waals surface area contributed by atoms with Crippen molar-refractivity contribution in [2.24, 2.45) is 0 Å². The summed E-state index contributed by atoms with van der Waals surface area (Å²) in [6.45, 7) is -0.428. The van der Waals surface area contributed by atoms with Gasteiger partial charge in [0.1, 0.15) is 0 Å². The highest BCUT2D eigenvalue weighted by Gasteiger charge is 2.14. The quantitative estimate of drug-likeness (QED) is 0.736. The lowest BCUT2D eigenvalue weighted by Gasteiger charge is -2.15. The van der Waals surface area contributed by atoms with Crippen LogP contribution in [0.25, 0.3) is 10.9 Å². The van der Waals surface area contributed by atoms with Crippen LogP contribution in [0.2, 0.25) is 0 Å². The molecule has 2 N–H and O–H groups in total. The third-order valence-electron chi connectivity index (χ3n) is 3.72. The Bertz CT molecular complexity index is 738. The first kappa shape index (κ1) is 17.5. The molecule has 0 saturated carbocycles. The molecule has 0 saturated heterocycles. The van der Waals surface area contributed by atoms with Gasteiger partial charge in [-0.25, -0.2) is 0 Å². The second kappa shape index (κ2) is 8.14. The number of aromatic amines is 1. The maximum absolute atomic E-state index is 11.8. The van der Waals surface area contributed by atoms with Crippen LogP contribution in [0.5, 0.6) is 0 Å². The molecular weight excluding hydrogens is 310 g/mol. The number of para-hydroxylation sites is 1. The Balaban J connectivity index is 1.77. The minimum Gasteiger partial charge on any atom is -0.456 e. The Morgan fingerprint density at radius 2 is 2.00 bits per heavy atom. The van der Waals surface area contributed by atoms with Gasteiger partial charge >= 0.3 is 5.97 Å². The summed E-state index contributed by atoms with van der Waals surface area (Å²) in [7, 11) is 2.97. The zero-order valence-corrected chi connectivity index (χ0v) is 13.8. The molecule has 0 unspecified atom stereocenters. The van der Waals surface area contributed by atoms with E-state index in [0.29, 0.717) is 6.42 Å². The molecule has 2 rings (SSSR count). The van der Waals surface area contributed by atoms with Crippen LogP contribution in [-0.4, -0.2) is 54.9 Å². The number of fused-ring (bicyclic) bond motifs is 1. The number of aryl methyl sites for hydroxylation is 1. The second-order valence-electron chi connectivity index (χ2n) is 5.44. The Labute approximate surface area is 140 Å². The standard InChI is InChI=1S/C17H21N3O4/c1-18-15(21)10-20(2)16(22)11-24-17(23)8-7-12-9-19-14-6-4-3-5-13(12)14/h3-6,9,19H,7-8,10-11H2,1-2H3,(H,18,21). The smallest absolute Gasteiger partial charge is 0.306 e. The lowest BCUT2D eigenvalue weighted by atomic mass is 10.1. The zero-order chi connectivity index (χ0) is 17.5. The molecule has 0 aliphatic rings. The highest BCUT2D eigenvalue weighted by Crippen LogP contribution is 2.19. The van der Waals surface area contributed by atoms with Crippen molar-refractivity contribution < 1.29 is 19.1 Å². The second-order valence-corrected chi connectivity index (χ2v) is 5.44. The summed E-state index contributed by atoms with van der Waals surface area (Å²) in [6, 6.07) is 7.85. The third-order valence-corrected chi connectivity index (χ3v) is 3.72. The summed E-state index contributed by atoms with van der Waals surface area (Å²) in [6.07, 6.45) is 2.60. The van der Waals surface area contributed by atoms with Gasteiger partial charge in [-0.1, -0.05) is 18.2 Å². The number of amides is 2. The van der Waals surface area contributed by atoms with E-state index in [4.69, 9.17) is 4.74 Å². The van der Waals surface area contributed by atoms with Crippen LogP contribution in [0, 0.1) is 0 Å². The van der Waals surface area contributed by atoms with Crippen molar-refractivity contribution in [1.82, 2.24) is 15.2 Å². The molecular formula is C17H21N3O4. The number of benzene rings is 1. The van der Waals surface area contributed by atoms with Gasteiger partial charge in [0.2, 0.25) is 5.91 Å². The average molecular weight is 331 g/mol. The first-order valence-corrected chi connectivity index (χ1v) is 7.66. The third kappa shape index (κ3) is 4.58. The van der Waals surface area contributed by atoms with Crippen LogP contribution in [0.3, 0.4) is 0 Å². The highest BCUT2D eigenvalue weighted by molar-refractivity contribution is 5.86. The number of aromatic nitrogens is 1. The summed E-state index contributed by atoms with van der Waals surface area (Å²) in [5, 5.41) is 3.50. The molecule has 0 fully saturated rings. The largest absolute Gasteiger partial charge is 0.456 e. The van der Waals surface area contributed by atoms with Crippen LogP contribution in [-0.2, 0) is 25.5 Å². The molecule has 2 amide bonds. The molecule has 0 radical (unpaired) electrons. The van der Waals surface area contributed by atoms with Gasteiger partial charge in [0.15, 0.2) is 6.61 Å². The molecule has 0 aliphatic heterocycles. The first-order chi connectivity index (χ1) is 11.5. The van der Waals surface area contributed by atoms with Crippen molar-refractivity contribution >= 4 is 28.7 Å². The molecule has 1 aromatic carbocycles. The summed E-state index contributed by atoms with van der Waals surface area (Å²) in [5.74, 6) is -1.14. The number of rotatable bonds is 7. The highest BCUT2D eigenvalue weighted by atomic mass is 16.5. The van der Waals surface area contributed by atoms with Crippen LogP contribution in [0.1, 0.15) is 12.0 Å². The Hall–Kier alpha value is -2.83. The molecule has 7 heteroatoms. The van der Waals surface area contributed by atoms with E-state index in [9.17, 15) is 14.4 Å². The Morgan fingerprint density at radius 3 is 2.75 bits per heavy atom. The minimum atomic E-state index is -0.443. The summed E-state index contributed by atoms with van der Waals surface area (Å²) in [5.41, 5.74) is 2.05. The fraction of sp³-hybridized carbons (Fsp3) is 0.353. The average Bonchev–Trinajstić information content (AvgIpc) is 3.00. The van der Waals surface area contributed by atoms with E-state index in [-0.39, 0.29) is 25.5 Å². The lowest BCUT2D eigenvalue weighted by Crippen LogP contribution is -2.39. The van der Waals surface area contributed by atoms with Gasteiger partial charge in [-0.05, 0) is 18.1 Å². The van der Waals surface area contributed by atoms with E-state index >= 15 is 0 Å². The zero-order valence-electron chi connectivity index (χ0n) is 13.8. The van der Waals surface area contributed by atoms with E-state index in [0.717, 1.165) is 16.5 Å². The molecule has 0 aliphatic carbocycles. The van der Waals surface area contributed by atoms with Crippen molar-refractivity contribution in [1.29, 1.82) is 0 Å². The van der Waals surface area contributed by atoms with E-state index in [1.165, 1.54) is 19.0 Å². The number of esters is 1. The topological polar surface area (TPSA) is 91.5 Å². The van der Waals surface area contributed by atoms with Crippen molar-refractivity contribution in [2.45, 2.75) is 12.8 Å². The van der Waals surface area contributed by atoms with Crippen molar-refractivity contribution in [3.8, 4) is 0 Å². The lowest BCUT2D eigenvalue weighted by molar-refractivity contribution is -0.151. The SMILES string of the molecule is CNC(=O)CN(C)C(=O)COC(=O)CCc1c[nH]c2ccccc12. The minimum absolute atomic E-state index is 0.0672. The predicted octanol–water partition coefficient (Wildman–Crippen LogP) is 0.848. The van der Waals surface area contributed by atoms with Gasteiger partial charge in [0.25, 0.3) is 5.91 Å². The number of H-pyrrole nitrogens is 1. The fourth-order valence-corrected chi connectivity index (χ4v) is 2.28. The molecule has 7 nitrogen and oxygen atoms in total. The van der Waals surface area contributed by atoms with E-state index in [1.807, 2.05) is 30.5 Å². The normalized spacial score (nSPS) is 10.4. The van der Waals surface area contributed by atoms with Gasteiger partial charge < -0.3 is 19.9 Å². The van der Waals surface area contributed by atoms with E-state index < -0.39 is 11.9 Å². The van der Waals surface area contributed by atoms with Crippen LogP contribution in [0.15, 0.2) is 30.5 Å². The number of ether oxygens (including phenoxy) is 1. The van der Waals surface area contributed by atoms with Gasteiger partial charge in [-0.2, -0.15) is 0 Å². The van der Waals surface area contributed by atoms with Crippen LogP contribution < -0.4 is 5.32 Å². The fourth-order valence-electron chi connectivity index (χ4n) is 2.28. The number of nitrogens with one attached hydrogen (secondary N) is 2. The van der Waals surface area contributed by atoms with Gasteiger partial charge in [0, 0.05) is 37.6 Å². The molecule has 128 valence electrons. The van der Waals surface area contributed by atoms with E-state index in [2.05, 4.69) is 10.3 Å². The summed E-state index contributed by atoms with van der Waals surface area (Å²) in [4.78, 5) is 39.1. The Kier molecular flexibility index (Phi) is 5.95. The van der Waals surface area contributed by atoms with Gasteiger partial charge in [-0.3, -0.25) is 14.4 Å². The van der Waals surface area contributed by atoms with E-state index in [1.54, 1.807) is 0 Å². The molecule has 0 atom stereocenters. The molecule has 24 heavy (non-hydrogen) atoms. The molecule has 1 heterocycles. The number of carbonyl (C=O) groups excluding carboxylic acids is 3. The van der Waals surface area contributed by atoms with Crippen molar-refractivity contribution in [3.63, 3.8) is 0 Å². The van der Waals surface area contributed by atoms with Gasteiger partial charge in [0.05, 0.1) is 6.54 Å². The molecule has 2 aromatic rings. The molecule has 0 bridgehead atoms. The first-order valence-electron chi connectivity index (χ1n) is 7.66. The molecule has 0 spiro atoms. The van der Waals surface area contributed by atoms with Crippen molar-refractivity contribution in [3.05, 3.63) is 36.0 Å². The van der Waals surface area contributed by atoms with Crippen LogP contribution >= 0.6 is 0 Å². The number of nitrogens with zero attached hydrogens (tertiary/aromatic N) is 1. The monoisotopic (exact) mass is 331 g/mol. The number of hydrogen-bond donors (Lipinski definition) is 2. The Morgan fingerprint density at radius 1 is 1.25 bits per heavy atom. The van der Waals surface area contributed by atoms with Crippen LogP contribution in [0.4, 0.5) is 0 Å². The summed E-state index contributed by atoms with van der Waals surface area (Å²) >= 11 is 0. The van der Waals surface area contributed by atoms with Gasteiger partial charge in [-0.15, -0.1) is 0 Å².